The number of hydrogen-bond acceptors (Lipinski definition) is 1. The first-order valence-electron chi connectivity index (χ1n) is 7.33. The Morgan fingerprint density at radius 2 is 1.57 bits per heavy atom. The van der Waals surface area contributed by atoms with E-state index in [1.54, 1.807) is 6.07 Å². The summed E-state index contributed by atoms with van der Waals surface area (Å²) < 4.78 is 0. The number of hydrogen-bond donors (Lipinski definition) is 1. The third-order valence-electron chi connectivity index (χ3n) is 4.61. The van der Waals surface area contributed by atoms with E-state index in [0.29, 0.717) is 5.75 Å². The minimum absolute atomic E-state index is 0.0202. The molecule has 0 amide bonds. The van der Waals surface area contributed by atoms with Crippen molar-refractivity contribution >= 4 is 5.57 Å². The number of para-hydroxylation sites is 1. The standard InChI is InChI=1S/C20H20O/c1-15-12-13-16(18-10-6-7-11-19(18)21)14-20(15,2)17-8-4-3-5-9-17/h3-13,21H,14H2,1-2H3. The molecule has 2 aromatic rings. The summed E-state index contributed by atoms with van der Waals surface area (Å²) in [5.74, 6) is 0.354. The SMILES string of the molecule is CC1=CC=C(c2ccccc2O)CC1(C)c1ccccc1. The average Bonchev–Trinajstić information content (AvgIpc) is 2.52. The van der Waals surface area contributed by atoms with Gasteiger partial charge < -0.3 is 5.11 Å². The Morgan fingerprint density at radius 3 is 2.29 bits per heavy atom. The van der Waals surface area contributed by atoms with Crippen molar-refractivity contribution in [2.75, 3.05) is 0 Å². The maximum atomic E-state index is 10.1. The van der Waals surface area contributed by atoms with Gasteiger partial charge in [-0.1, -0.05) is 73.2 Å². The molecule has 1 aliphatic rings. The van der Waals surface area contributed by atoms with Gasteiger partial charge in [-0.15, -0.1) is 0 Å². The number of benzene rings is 2. The van der Waals surface area contributed by atoms with E-state index < -0.39 is 0 Å². The highest BCUT2D eigenvalue weighted by Gasteiger charge is 2.32. The zero-order valence-electron chi connectivity index (χ0n) is 12.5. The first kappa shape index (κ1) is 13.7. The van der Waals surface area contributed by atoms with Crippen molar-refractivity contribution in [3.05, 3.63) is 83.4 Å². The highest BCUT2D eigenvalue weighted by atomic mass is 16.3. The van der Waals surface area contributed by atoms with E-state index in [1.807, 2.05) is 18.2 Å². The van der Waals surface area contributed by atoms with Gasteiger partial charge in [0, 0.05) is 11.0 Å². The molecule has 0 bridgehead atoms. The molecule has 2 aromatic carbocycles. The second kappa shape index (κ2) is 5.25. The van der Waals surface area contributed by atoms with Crippen LogP contribution in [0.2, 0.25) is 0 Å². The van der Waals surface area contributed by atoms with Crippen LogP contribution in [0.1, 0.15) is 31.4 Å². The second-order valence-corrected chi connectivity index (χ2v) is 5.93. The van der Waals surface area contributed by atoms with Crippen LogP contribution >= 0.6 is 0 Å². The van der Waals surface area contributed by atoms with Gasteiger partial charge in [0.05, 0.1) is 0 Å². The molecule has 21 heavy (non-hydrogen) atoms. The Balaban J connectivity index is 2.04. The average molecular weight is 276 g/mol. The molecule has 0 saturated heterocycles. The van der Waals surface area contributed by atoms with Crippen molar-refractivity contribution in [2.45, 2.75) is 25.7 Å². The van der Waals surface area contributed by atoms with Gasteiger partial charge in [-0.2, -0.15) is 0 Å². The van der Waals surface area contributed by atoms with E-state index in [4.69, 9.17) is 0 Å². The number of allylic oxidation sites excluding steroid dienone is 4. The Hall–Kier alpha value is -2.28. The van der Waals surface area contributed by atoms with E-state index >= 15 is 0 Å². The summed E-state index contributed by atoms with van der Waals surface area (Å²) in [6.45, 7) is 4.46. The minimum atomic E-state index is -0.0202. The third-order valence-corrected chi connectivity index (χ3v) is 4.61. The number of rotatable bonds is 2. The quantitative estimate of drug-likeness (QED) is 0.810. The molecule has 1 nitrogen and oxygen atoms in total. The summed E-state index contributed by atoms with van der Waals surface area (Å²) in [6.07, 6.45) is 5.21. The lowest BCUT2D eigenvalue weighted by Gasteiger charge is -2.35. The smallest absolute Gasteiger partial charge is 0.123 e. The van der Waals surface area contributed by atoms with Crippen molar-refractivity contribution in [1.29, 1.82) is 0 Å². The van der Waals surface area contributed by atoms with Crippen LogP contribution in [0.4, 0.5) is 0 Å². The molecule has 0 heterocycles. The molecule has 1 aliphatic carbocycles. The summed E-state index contributed by atoms with van der Waals surface area (Å²) in [4.78, 5) is 0. The van der Waals surface area contributed by atoms with Crippen LogP contribution < -0.4 is 0 Å². The van der Waals surface area contributed by atoms with Gasteiger partial charge in [0.2, 0.25) is 0 Å². The summed E-state index contributed by atoms with van der Waals surface area (Å²) in [5, 5.41) is 10.1. The lowest BCUT2D eigenvalue weighted by Crippen LogP contribution is -2.25. The molecule has 0 aromatic heterocycles. The fourth-order valence-corrected chi connectivity index (χ4v) is 3.05. The maximum Gasteiger partial charge on any atom is 0.123 e. The van der Waals surface area contributed by atoms with Crippen LogP contribution in [0.15, 0.2) is 72.3 Å². The van der Waals surface area contributed by atoms with Crippen molar-refractivity contribution in [3.8, 4) is 5.75 Å². The Bertz CT molecular complexity index is 710. The molecule has 1 N–H and O–H groups in total. The lowest BCUT2D eigenvalue weighted by molar-refractivity contribution is 0.472. The van der Waals surface area contributed by atoms with E-state index in [2.05, 4.69) is 56.3 Å². The normalized spacial score (nSPS) is 21.6. The summed E-state index contributed by atoms with van der Waals surface area (Å²) in [7, 11) is 0. The third kappa shape index (κ3) is 2.40. The summed E-state index contributed by atoms with van der Waals surface area (Å²) >= 11 is 0. The largest absolute Gasteiger partial charge is 0.507 e. The molecular formula is C20H20O. The number of phenolic OH excluding ortho intramolecular Hbond substituents is 1. The van der Waals surface area contributed by atoms with E-state index in [-0.39, 0.29) is 5.41 Å². The summed E-state index contributed by atoms with van der Waals surface area (Å²) in [5.41, 5.74) is 4.77. The molecule has 0 aliphatic heterocycles. The van der Waals surface area contributed by atoms with Crippen LogP contribution in [0.3, 0.4) is 0 Å². The molecule has 1 atom stereocenters. The maximum absolute atomic E-state index is 10.1. The van der Waals surface area contributed by atoms with Crippen LogP contribution in [0.25, 0.3) is 5.57 Å². The van der Waals surface area contributed by atoms with Crippen LogP contribution in [-0.2, 0) is 5.41 Å². The highest BCUT2D eigenvalue weighted by Crippen LogP contribution is 2.44. The van der Waals surface area contributed by atoms with Gasteiger partial charge in [0.1, 0.15) is 5.75 Å². The van der Waals surface area contributed by atoms with Crippen molar-refractivity contribution in [2.24, 2.45) is 0 Å². The van der Waals surface area contributed by atoms with Gasteiger partial charge in [-0.3, -0.25) is 0 Å². The molecule has 0 saturated carbocycles. The fraction of sp³-hybridized carbons (Fsp3) is 0.200. The minimum Gasteiger partial charge on any atom is -0.507 e. The van der Waals surface area contributed by atoms with Gasteiger partial charge in [-0.25, -0.2) is 0 Å². The molecular weight excluding hydrogens is 256 g/mol. The molecule has 0 fully saturated rings. The van der Waals surface area contributed by atoms with Crippen LogP contribution in [0.5, 0.6) is 5.75 Å². The summed E-state index contributed by atoms with van der Waals surface area (Å²) in [6, 6.07) is 18.2. The number of phenols is 1. The molecule has 0 radical (unpaired) electrons. The van der Waals surface area contributed by atoms with E-state index in [0.717, 1.165) is 12.0 Å². The van der Waals surface area contributed by atoms with Crippen LogP contribution in [-0.4, -0.2) is 5.11 Å². The molecule has 3 rings (SSSR count). The van der Waals surface area contributed by atoms with Crippen molar-refractivity contribution in [1.82, 2.24) is 0 Å². The van der Waals surface area contributed by atoms with Crippen molar-refractivity contribution < 1.29 is 5.11 Å². The van der Waals surface area contributed by atoms with Crippen LogP contribution in [0, 0.1) is 0 Å². The zero-order valence-corrected chi connectivity index (χ0v) is 12.5. The highest BCUT2D eigenvalue weighted by molar-refractivity contribution is 5.75. The Labute approximate surface area is 126 Å². The predicted molar refractivity (Wildman–Crippen MR) is 88.3 cm³/mol. The van der Waals surface area contributed by atoms with Crippen molar-refractivity contribution in [3.63, 3.8) is 0 Å². The zero-order chi connectivity index (χ0) is 14.9. The fourth-order valence-electron chi connectivity index (χ4n) is 3.05. The lowest BCUT2D eigenvalue weighted by atomic mass is 9.69. The molecule has 0 spiro atoms. The van der Waals surface area contributed by atoms with Gasteiger partial charge in [-0.05, 0) is 30.5 Å². The predicted octanol–water partition coefficient (Wildman–Crippen LogP) is 5.08. The molecule has 106 valence electrons. The topological polar surface area (TPSA) is 20.2 Å². The monoisotopic (exact) mass is 276 g/mol. The van der Waals surface area contributed by atoms with Gasteiger partial charge >= 0.3 is 0 Å². The van der Waals surface area contributed by atoms with Gasteiger partial charge in [0.25, 0.3) is 0 Å². The van der Waals surface area contributed by atoms with E-state index in [9.17, 15) is 5.11 Å². The first-order valence-corrected chi connectivity index (χ1v) is 7.33. The second-order valence-electron chi connectivity index (χ2n) is 5.93. The Morgan fingerprint density at radius 1 is 0.905 bits per heavy atom. The number of aromatic hydroxyl groups is 1. The Kier molecular flexibility index (Phi) is 3.42. The van der Waals surface area contributed by atoms with E-state index in [1.165, 1.54) is 16.7 Å². The molecule has 1 unspecified atom stereocenters. The van der Waals surface area contributed by atoms with Gasteiger partial charge in [0.15, 0.2) is 0 Å². The molecule has 1 heteroatoms. The first-order chi connectivity index (χ1) is 10.1.